The topological polar surface area (TPSA) is 85.1 Å². The molecule has 2 aromatic rings. The first-order valence-corrected chi connectivity index (χ1v) is 8.68. The Hall–Kier alpha value is -1.28. The van der Waals surface area contributed by atoms with Crippen LogP contribution in [0.2, 0.25) is 0 Å². The van der Waals surface area contributed by atoms with Crippen molar-refractivity contribution in [2.24, 2.45) is 5.14 Å². The second-order valence-electron chi connectivity index (χ2n) is 4.39. The monoisotopic (exact) mass is 311 g/mol. The molecule has 3 N–H and O–H groups in total. The summed E-state index contributed by atoms with van der Waals surface area (Å²) in [6.45, 7) is 2.71. The maximum absolute atomic E-state index is 11.4. The zero-order valence-electron chi connectivity index (χ0n) is 11.1. The maximum Gasteiger partial charge on any atom is 0.238 e. The highest BCUT2D eigenvalue weighted by molar-refractivity contribution is 7.89. The number of nitrogens with two attached hydrogens (primary N) is 1. The zero-order chi connectivity index (χ0) is 14.6. The molecule has 2 rings (SSSR count). The third-order valence-electron chi connectivity index (χ3n) is 2.98. The van der Waals surface area contributed by atoms with E-state index < -0.39 is 10.0 Å². The fourth-order valence-electron chi connectivity index (χ4n) is 1.96. The van der Waals surface area contributed by atoms with Gasteiger partial charge in [-0.05, 0) is 24.1 Å². The number of primary sulfonamides is 1. The molecule has 7 heteroatoms. The third-order valence-corrected chi connectivity index (χ3v) is 4.67. The lowest BCUT2D eigenvalue weighted by Gasteiger charge is -2.17. The Kier molecular flexibility index (Phi) is 4.87. The van der Waals surface area contributed by atoms with E-state index in [2.05, 4.69) is 10.3 Å². The third kappa shape index (κ3) is 3.86. The number of thiazole rings is 1. The van der Waals surface area contributed by atoms with Gasteiger partial charge in [0, 0.05) is 24.2 Å². The number of sulfonamides is 1. The van der Waals surface area contributed by atoms with Crippen LogP contribution in [0.15, 0.2) is 40.7 Å². The van der Waals surface area contributed by atoms with E-state index in [0.717, 1.165) is 17.0 Å². The minimum absolute atomic E-state index is 0.0700. The minimum atomic E-state index is -3.66. The highest BCUT2D eigenvalue weighted by atomic mass is 32.2. The molecule has 0 saturated heterocycles. The van der Waals surface area contributed by atoms with Crippen molar-refractivity contribution in [3.8, 4) is 0 Å². The van der Waals surface area contributed by atoms with Crippen LogP contribution in [0.3, 0.4) is 0 Å². The van der Waals surface area contributed by atoms with Crippen LogP contribution < -0.4 is 10.5 Å². The molecule has 0 spiro atoms. The molecule has 0 bridgehead atoms. The molecule has 0 aliphatic heterocycles. The summed E-state index contributed by atoms with van der Waals surface area (Å²) >= 11 is 1.59. The molecular formula is C13H17N3O2S2. The summed E-state index contributed by atoms with van der Waals surface area (Å²) < 4.78 is 22.8. The van der Waals surface area contributed by atoms with E-state index in [0.29, 0.717) is 6.54 Å². The second-order valence-corrected chi connectivity index (χ2v) is 6.93. The Morgan fingerprint density at radius 2 is 2.25 bits per heavy atom. The molecule has 0 radical (unpaired) electrons. The van der Waals surface area contributed by atoms with Crippen LogP contribution in [-0.2, 0) is 16.6 Å². The van der Waals surface area contributed by atoms with Gasteiger partial charge in [0.2, 0.25) is 10.0 Å². The largest absolute Gasteiger partial charge is 0.304 e. The van der Waals surface area contributed by atoms with Crippen molar-refractivity contribution in [3.05, 3.63) is 46.4 Å². The predicted molar refractivity (Wildman–Crippen MR) is 79.8 cm³/mol. The molecular weight excluding hydrogens is 294 g/mol. The van der Waals surface area contributed by atoms with Gasteiger partial charge in [-0.15, -0.1) is 11.3 Å². The van der Waals surface area contributed by atoms with Gasteiger partial charge < -0.3 is 5.32 Å². The minimum Gasteiger partial charge on any atom is -0.304 e. The Labute approximate surface area is 122 Å². The molecule has 5 nitrogen and oxygen atoms in total. The average Bonchev–Trinajstić information content (AvgIpc) is 2.92. The van der Waals surface area contributed by atoms with Crippen LogP contribution in [0.25, 0.3) is 0 Å². The highest BCUT2D eigenvalue weighted by Crippen LogP contribution is 2.20. The first kappa shape index (κ1) is 15.1. The van der Waals surface area contributed by atoms with Crippen molar-refractivity contribution in [2.45, 2.75) is 30.8 Å². The van der Waals surface area contributed by atoms with E-state index in [1.807, 2.05) is 18.4 Å². The van der Waals surface area contributed by atoms with Gasteiger partial charge in [0.1, 0.15) is 5.01 Å². The summed E-state index contributed by atoms with van der Waals surface area (Å²) in [5.74, 6) is 0. The highest BCUT2D eigenvalue weighted by Gasteiger charge is 2.13. The second kappa shape index (κ2) is 6.45. The van der Waals surface area contributed by atoms with Gasteiger partial charge in [0.25, 0.3) is 0 Å². The Balaban J connectivity index is 2.15. The lowest BCUT2D eigenvalue weighted by Crippen LogP contribution is -2.21. The van der Waals surface area contributed by atoms with Crippen molar-refractivity contribution >= 4 is 21.4 Å². The molecule has 1 atom stereocenters. The van der Waals surface area contributed by atoms with E-state index in [4.69, 9.17) is 5.14 Å². The molecule has 0 amide bonds. The first-order valence-electron chi connectivity index (χ1n) is 6.25. The average molecular weight is 311 g/mol. The van der Waals surface area contributed by atoms with Gasteiger partial charge in [-0.2, -0.15) is 0 Å². The number of rotatable bonds is 6. The van der Waals surface area contributed by atoms with Crippen LogP contribution in [-0.4, -0.2) is 13.4 Å². The maximum atomic E-state index is 11.4. The van der Waals surface area contributed by atoms with Gasteiger partial charge >= 0.3 is 0 Å². The SMILES string of the molecule is CC[C@H](NCc1nccs1)c1cccc(S(N)(=O)=O)c1. The summed E-state index contributed by atoms with van der Waals surface area (Å²) in [5, 5.41) is 11.5. The Morgan fingerprint density at radius 1 is 1.45 bits per heavy atom. The van der Waals surface area contributed by atoms with Crippen LogP contribution in [0.5, 0.6) is 0 Å². The van der Waals surface area contributed by atoms with Crippen molar-refractivity contribution in [3.63, 3.8) is 0 Å². The molecule has 0 aliphatic rings. The molecule has 0 aliphatic carbocycles. The quantitative estimate of drug-likeness (QED) is 0.855. The van der Waals surface area contributed by atoms with Crippen LogP contribution in [0.4, 0.5) is 0 Å². The molecule has 20 heavy (non-hydrogen) atoms. The summed E-state index contributed by atoms with van der Waals surface area (Å²) in [6.07, 6.45) is 2.61. The molecule has 0 fully saturated rings. The molecule has 1 heterocycles. The fraction of sp³-hybridized carbons (Fsp3) is 0.308. The van der Waals surface area contributed by atoms with E-state index in [1.54, 1.807) is 29.7 Å². The number of nitrogens with one attached hydrogen (secondary N) is 1. The van der Waals surface area contributed by atoms with Crippen molar-refractivity contribution < 1.29 is 8.42 Å². The number of nitrogens with zero attached hydrogens (tertiary/aromatic N) is 1. The molecule has 108 valence electrons. The summed E-state index contributed by atoms with van der Waals surface area (Å²) in [7, 11) is -3.66. The van der Waals surface area contributed by atoms with Gasteiger partial charge in [0.05, 0.1) is 4.90 Å². The van der Waals surface area contributed by atoms with Gasteiger partial charge in [-0.1, -0.05) is 19.1 Å². The van der Waals surface area contributed by atoms with E-state index in [9.17, 15) is 8.42 Å². The Morgan fingerprint density at radius 3 is 2.85 bits per heavy atom. The van der Waals surface area contributed by atoms with Crippen molar-refractivity contribution in [1.82, 2.24) is 10.3 Å². The summed E-state index contributed by atoms with van der Waals surface area (Å²) in [6, 6.07) is 6.81. The summed E-state index contributed by atoms with van der Waals surface area (Å²) in [4.78, 5) is 4.36. The van der Waals surface area contributed by atoms with Gasteiger partial charge in [0.15, 0.2) is 0 Å². The number of hydrogen-bond donors (Lipinski definition) is 2. The molecule has 1 aromatic heterocycles. The number of aromatic nitrogens is 1. The van der Waals surface area contributed by atoms with E-state index >= 15 is 0 Å². The van der Waals surface area contributed by atoms with Crippen LogP contribution >= 0.6 is 11.3 Å². The Bertz CT molecular complexity index is 654. The first-order chi connectivity index (χ1) is 9.50. The van der Waals surface area contributed by atoms with Crippen LogP contribution in [0.1, 0.15) is 30.0 Å². The fourth-order valence-corrected chi connectivity index (χ4v) is 3.09. The normalized spacial score (nSPS) is 13.3. The van der Waals surface area contributed by atoms with E-state index in [1.165, 1.54) is 6.07 Å². The van der Waals surface area contributed by atoms with Gasteiger partial charge in [-0.3, -0.25) is 0 Å². The van der Waals surface area contributed by atoms with Crippen molar-refractivity contribution in [2.75, 3.05) is 0 Å². The lowest BCUT2D eigenvalue weighted by molar-refractivity contribution is 0.517. The molecule has 1 aromatic carbocycles. The molecule has 0 unspecified atom stereocenters. The van der Waals surface area contributed by atoms with E-state index in [-0.39, 0.29) is 10.9 Å². The smallest absolute Gasteiger partial charge is 0.238 e. The lowest BCUT2D eigenvalue weighted by atomic mass is 10.0. The standard InChI is InChI=1S/C13H17N3O2S2/c1-2-12(16-9-13-15-6-7-19-13)10-4-3-5-11(8-10)20(14,17)18/h3-8,12,16H,2,9H2,1H3,(H2,14,17,18)/t12-/m0/s1. The van der Waals surface area contributed by atoms with Crippen LogP contribution in [0, 0.1) is 0 Å². The number of benzene rings is 1. The molecule has 0 saturated carbocycles. The van der Waals surface area contributed by atoms with Gasteiger partial charge in [-0.25, -0.2) is 18.5 Å². The summed E-state index contributed by atoms with van der Waals surface area (Å²) in [5.41, 5.74) is 0.913. The predicted octanol–water partition coefficient (Wildman–Crippen LogP) is 2.03. The van der Waals surface area contributed by atoms with Crippen molar-refractivity contribution in [1.29, 1.82) is 0 Å². The zero-order valence-corrected chi connectivity index (χ0v) is 12.7. The number of hydrogen-bond acceptors (Lipinski definition) is 5.